The van der Waals surface area contributed by atoms with Crippen molar-refractivity contribution in [3.05, 3.63) is 0 Å². The molecule has 3 unspecified atom stereocenters. The number of alkyl carbamates (subject to hydrolysis) is 1. The number of terminal acetylenes is 1. The van der Waals surface area contributed by atoms with Gasteiger partial charge in [-0.1, -0.05) is 0 Å². The van der Waals surface area contributed by atoms with Crippen LogP contribution in [0.25, 0.3) is 0 Å². The third kappa shape index (κ3) is 3.66. The van der Waals surface area contributed by atoms with Crippen LogP contribution in [0, 0.1) is 12.3 Å². The lowest BCUT2D eigenvalue weighted by Crippen LogP contribution is -2.61. The molecule has 116 valence electrons. The predicted octanol–water partition coefficient (Wildman–Crippen LogP) is -2.16. The Hall–Kier alpha value is -1.77. The van der Waals surface area contributed by atoms with Crippen LogP contribution in [-0.2, 0) is 9.57 Å². The highest BCUT2D eigenvalue weighted by molar-refractivity contribution is 5.67. The molecule has 0 aromatic heterocycles. The van der Waals surface area contributed by atoms with Gasteiger partial charge in [0.05, 0.1) is 19.6 Å². The summed E-state index contributed by atoms with van der Waals surface area (Å²) in [5.41, 5.74) is 1.45. The quantitative estimate of drug-likeness (QED) is 0.364. The number of aliphatic hydroxyl groups excluding tert-OH is 3. The van der Waals surface area contributed by atoms with Gasteiger partial charge in [-0.05, 0) is 0 Å². The van der Waals surface area contributed by atoms with E-state index in [2.05, 4.69) is 26.9 Å². The van der Waals surface area contributed by atoms with Crippen LogP contribution in [0.2, 0.25) is 0 Å². The van der Waals surface area contributed by atoms with Gasteiger partial charge in [-0.25, -0.2) is 4.79 Å². The van der Waals surface area contributed by atoms with E-state index < -0.39 is 42.9 Å². The van der Waals surface area contributed by atoms with E-state index in [1.54, 1.807) is 0 Å². The molecule has 0 aromatic carbocycles. The van der Waals surface area contributed by atoms with Crippen LogP contribution >= 0.6 is 0 Å². The Morgan fingerprint density at radius 2 is 2.19 bits per heavy atom. The maximum Gasteiger partial charge on any atom is 0.409 e. The van der Waals surface area contributed by atoms with Crippen LogP contribution in [-0.4, -0.2) is 64.8 Å². The number of amides is 1. The van der Waals surface area contributed by atoms with Crippen LogP contribution in [0.15, 0.2) is 10.2 Å². The van der Waals surface area contributed by atoms with Crippen LogP contribution < -0.4 is 10.8 Å². The predicted molar refractivity (Wildman–Crippen MR) is 66.4 cm³/mol. The van der Waals surface area contributed by atoms with Crippen molar-refractivity contribution in [1.82, 2.24) is 10.8 Å². The summed E-state index contributed by atoms with van der Waals surface area (Å²) < 4.78 is 4.86. The van der Waals surface area contributed by atoms with Crippen molar-refractivity contribution in [2.24, 2.45) is 10.2 Å². The molecule has 0 saturated carbocycles. The van der Waals surface area contributed by atoms with E-state index in [1.807, 2.05) is 0 Å². The topological polar surface area (TPSA) is 145 Å². The lowest BCUT2D eigenvalue weighted by Gasteiger charge is -2.36. The van der Waals surface area contributed by atoms with Crippen LogP contribution in [0.5, 0.6) is 0 Å². The number of nitrogens with zero attached hydrogens (tertiary/aromatic N) is 2. The van der Waals surface area contributed by atoms with Gasteiger partial charge in [0.25, 0.3) is 0 Å². The fraction of sp³-hybridized carbons (Fsp3) is 0.727. The van der Waals surface area contributed by atoms with E-state index >= 15 is 0 Å². The minimum Gasteiger partial charge on any atom is -0.425 e. The molecule has 0 aliphatic carbocycles. The molecule has 0 radical (unpaired) electrons. The average Bonchev–Trinajstić information content (AvgIpc) is 3.23. The number of hydrogen-bond acceptors (Lipinski definition) is 9. The number of ether oxygens (including phenoxy) is 1. The highest BCUT2D eigenvalue weighted by atomic mass is 16.7. The summed E-state index contributed by atoms with van der Waals surface area (Å²) in [5.74, 6) is 2.39. The first-order chi connectivity index (χ1) is 10.0. The third-order valence-corrected chi connectivity index (χ3v) is 3.07. The van der Waals surface area contributed by atoms with Gasteiger partial charge in [-0.2, -0.15) is 15.7 Å². The first-order valence-electron chi connectivity index (χ1n) is 6.21. The Morgan fingerprint density at radius 1 is 1.48 bits per heavy atom. The van der Waals surface area contributed by atoms with Gasteiger partial charge in [0.2, 0.25) is 11.9 Å². The lowest BCUT2D eigenvalue weighted by atomic mass is 10.1. The maximum atomic E-state index is 11.6. The molecule has 10 nitrogen and oxygen atoms in total. The normalized spacial score (nSPS) is 33.0. The Bertz CT molecular complexity index is 458. The Labute approximate surface area is 120 Å². The van der Waals surface area contributed by atoms with Crippen molar-refractivity contribution in [2.45, 2.75) is 36.6 Å². The number of nitrogens with one attached hydrogen (secondary N) is 2. The summed E-state index contributed by atoms with van der Waals surface area (Å²) >= 11 is 0. The summed E-state index contributed by atoms with van der Waals surface area (Å²) in [6.45, 7) is -0.427. The molecule has 4 atom stereocenters. The number of hydroxylamine groups is 1. The highest BCUT2D eigenvalue weighted by Gasteiger charge is 2.42. The second kappa shape index (κ2) is 6.33. The molecule has 1 saturated heterocycles. The van der Waals surface area contributed by atoms with Gasteiger partial charge in [-0.3, -0.25) is 4.84 Å². The minimum atomic E-state index is -1.45. The van der Waals surface area contributed by atoms with Crippen LogP contribution in [0.4, 0.5) is 4.79 Å². The van der Waals surface area contributed by atoms with E-state index in [4.69, 9.17) is 21.1 Å². The van der Waals surface area contributed by atoms with E-state index in [1.165, 1.54) is 0 Å². The summed E-state index contributed by atoms with van der Waals surface area (Å²) in [5, 5.41) is 38.1. The third-order valence-electron chi connectivity index (χ3n) is 3.07. The van der Waals surface area contributed by atoms with Crippen molar-refractivity contribution in [1.29, 1.82) is 0 Å². The molecule has 21 heavy (non-hydrogen) atoms. The zero-order chi connectivity index (χ0) is 15.5. The van der Waals surface area contributed by atoms with E-state index in [0.29, 0.717) is 0 Å². The van der Waals surface area contributed by atoms with Gasteiger partial charge in [0.1, 0.15) is 18.3 Å². The van der Waals surface area contributed by atoms with Crippen LogP contribution in [0.1, 0.15) is 6.42 Å². The summed E-state index contributed by atoms with van der Waals surface area (Å²) in [4.78, 5) is 16.4. The fourth-order valence-corrected chi connectivity index (χ4v) is 1.74. The zero-order valence-corrected chi connectivity index (χ0v) is 11.0. The molecule has 0 bridgehead atoms. The molecular formula is C11H16N4O6. The summed E-state index contributed by atoms with van der Waals surface area (Å²) in [6.07, 6.45) is -0.580. The molecule has 10 heteroatoms. The number of carbonyl (C=O) groups is 1. The minimum absolute atomic E-state index is 0.0710. The summed E-state index contributed by atoms with van der Waals surface area (Å²) in [6, 6.07) is 0. The van der Waals surface area contributed by atoms with Gasteiger partial charge in [0.15, 0.2) is 0 Å². The molecular weight excluding hydrogens is 284 g/mol. The fourth-order valence-electron chi connectivity index (χ4n) is 1.74. The second-order valence-electron chi connectivity index (χ2n) is 4.68. The van der Waals surface area contributed by atoms with Crippen molar-refractivity contribution in [3.8, 4) is 12.3 Å². The molecule has 2 heterocycles. The zero-order valence-electron chi connectivity index (χ0n) is 11.0. The Balaban J connectivity index is 1.77. The van der Waals surface area contributed by atoms with Crippen molar-refractivity contribution < 1.29 is 29.7 Å². The molecule has 2 aliphatic heterocycles. The molecule has 2 rings (SSSR count). The standard InChI is InChI=1S/C11H16N4O6/c1-2-3-11(14-15-11)5-12-10(19)20-9-8(18)7(17)6(4-16)21-13-9/h1,6-9,13,16-18H,3-5H2,(H,12,19)/t6?,7-,8?,9?/m1/s1. The number of aliphatic hydroxyl groups is 3. The first kappa shape index (κ1) is 15.6. The molecule has 2 aliphatic rings. The van der Waals surface area contributed by atoms with Gasteiger partial charge < -0.3 is 25.4 Å². The molecule has 5 N–H and O–H groups in total. The van der Waals surface area contributed by atoms with E-state index in [0.717, 1.165) is 0 Å². The monoisotopic (exact) mass is 300 g/mol. The number of rotatable bonds is 5. The second-order valence-corrected chi connectivity index (χ2v) is 4.68. The Kier molecular flexibility index (Phi) is 4.71. The largest absolute Gasteiger partial charge is 0.425 e. The first-order valence-corrected chi connectivity index (χ1v) is 6.21. The summed E-state index contributed by atoms with van der Waals surface area (Å²) in [7, 11) is 0. The molecule has 1 amide bonds. The molecule has 1 fully saturated rings. The Morgan fingerprint density at radius 3 is 2.76 bits per heavy atom. The average molecular weight is 300 g/mol. The van der Waals surface area contributed by atoms with E-state index in [9.17, 15) is 15.0 Å². The molecule has 0 spiro atoms. The van der Waals surface area contributed by atoms with Gasteiger partial charge in [0, 0.05) is 0 Å². The van der Waals surface area contributed by atoms with Crippen molar-refractivity contribution in [3.63, 3.8) is 0 Å². The number of hydrogen-bond donors (Lipinski definition) is 5. The van der Waals surface area contributed by atoms with Crippen LogP contribution in [0.3, 0.4) is 0 Å². The molecule has 0 aromatic rings. The highest BCUT2D eigenvalue weighted by Crippen LogP contribution is 2.30. The van der Waals surface area contributed by atoms with Crippen molar-refractivity contribution >= 4 is 6.09 Å². The number of carbonyl (C=O) groups excluding carboxylic acids is 1. The maximum absolute atomic E-state index is 11.6. The van der Waals surface area contributed by atoms with Crippen molar-refractivity contribution in [2.75, 3.05) is 13.2 Å². The van der Waals surface area contributed by atoms with Gasteiger partial charge in [-0.15, -0.1) is 12.3 Å². The smallest absolute Gasteiger partial charge is 0.409 e. The lowest BCUT2D eigenvalue weighted by molar-refractivity contribution is -0.242. The SMILES string of the molecule is C#CCC1(CNC(=O)OC2NOC(CO)[C@@H](O)C2O)N=N1. The van der Waals surface area contributed by atoms with E-state index in [-0.39, 0.29) is 13.0 Å². The van der Waals surface area contributed by atoms with Gasteiger partial charge >= 0.3 is 6.09 Å².